The second-order valence-electron chi connectivity index (χ2n) is 3.69. The van der Waals surface area contributed by atoms with Gasteiger partial charge in [0.1, 0.15) is 5.75 Å². The summed E-state index contributed by atoms with van der Waals surface area (Å²) >= 11 is 3.25. The maximum atomic E-state index is 12.0. The topological polar surface area (TPSA) is 64.6 Å². The van der Waals surface area contributed by atoms with E-state index in [0.717, 1.165) is 0 Å². The third kappa shape index (κ3) is 3.94. The largest absolute Gasteiger partial charge is 0.496 e. The number of hydrogen-bond donors (Lipinski definition) is 1. The Morgan fingerprint density at radius 2 is 2.06 bits per heavy atom. The van der Waals surface area contributed by atoms with Crippen LogP contribution in [0.2, 0.25) is 0 Å². The highest BCUT2D eigenvalue weighted by atomic mass is 79.9. The zero-order chi connectivity index (χ0) is 13.8. The predicted molar refractivity (Wildman–Crippen MR) is 72.4 cm³/mol. The zero-order valence-corrected chi connectivity index (χ0v) is 12.8. The van der Waals surface area contributed by atoms with Gasteiger partial charge in [-0.1, -0.05) is 0 Å². The van der Waals surface area contributed by atoms with E-state index in [2.05, 4.69) is 20.7 Å². The van der Waals surface area contributed by atoms with Gasteiger partial charge in [-0.15, -0.1) is 0 Å². The van der Waals surface area contributed by atoms with Gasteiger partial charge in [0.15, 0.2) is 0 Å². The van der Waals surface area contributed by atoms with Gasteiger partial charge in [0.2, 0.25) is 10.0 Å². The van der Waals surface area contributed by atoms with Crippen LogP contribution in [0.1, 0.15) is 6.92 Å². The van der Waals surface area contributed by atoms with Crippen molar-refractivity contribution in [3.63, 3.8) is 0 Å². The molecule has 0 aromatic heterocycles. The molecule has 0 radical (unpaired) electrons. The minimum Gasteiger partial charge on any atom is -0.496 e. The van der Waals surface area contributed by atoms with Crippen LogP contribution in [0.3, 0.4) is 0 Å². The van der Waals surface area contributed by atoms with Crippen LogP contribution in [-0.4, -0.2) is 35.3 Å². The van der Waals surface area contributed by atoms with Gasteiger partial charge in [-0.25, -0.2) is 13.1 Å². The molecule has 0 aliphatic carbocycles. The number of sulfonamides is 1. The van der Waals surface area contributed by atoms with Crippen LogP contribution >= 0.6 is 15.9 Å². The number of rotatable bonds is 6. The van der Waals surface area contributed by atoms with Crippen molar-refractivity contribution in [3.05, 3.63) is 22.7 Å². The van der Waals surface area contributed by atoms with Gasteiger partial charge in [-0.05, 0) is 41.1 Å². The Morgan fingerprint density at radius 1 is 1.39 bits per heavy atom. The second kappa shape index (κ2) is 6.51. The molecule has 0 aliphatic heterocycles. The van der Waals surface area contributed by atoms with E-state index in [1.54, 1.807) is 13.0 Å². The van der Waals surface area contributed by atoms with Crippen molar-refractivity contribution in [2.24, 2.45) is 0 Å². The quantitative estimate of drug-likeness (QED) is 0.859. The molecule has 0 fully saturated rings. The number of methoxy groups -OCH3 is 2. The Bertz CT molecular complexity index is 504. The number of nitrogens with one attached hydrogen (secondary N) is 1. The van der Waals surface area contributed by atoms with E-state index >= 15 is 0 Å². The number of benzene rings is 1. The van der Waals surface area contributed by atoms with Crippen molar-refractivity contribution in [1.82, 2.24) is 4.72 Å². The minimum atomic E-state index is -3.53. The highest BCUT2D eigenvalue weighted by molar-refractivity contribution is 9.10. The molecule has 1 aromatic rings. The first-order valence-corrected chi connectivity index (χ1v) is 7.54. The van der Waals surface area contributed by atoms with E-state index in [-0.39, 0.29) is 17.5 Å². The number of halogens is 1. The third-order valence-corrected chi connectivity index (χ3v) is 4.44. The van der Waals surface area contributed by atoms with E-state index in [1.165, 1.54) is 26.4 Å². The van der Waals surface area contributed by atoms with Crippen molar-refractivity contribution in [2.45, 2.75) is 17.9 Å². The van der Waals surface area contributed by atoms with Gasteiger partial charge in [-0.2, -0.15) is 0 Å². The second-order valence-corrected chi connectivity index (χ2v) is 6.32. The van der Waals surface area contributed by atoms with Crippen molar-refractivity contribution in [3.8, 4) is 5.75 Å². The molecule has 1 N–H and O–H groups in total. The summed E-state index contributed by atoms with van der Waals surface area (Å²) < 4.78 is 37.1. The summed E-state index contributed by atoms with van der Waals surface area (Å²) in [6.07, 6.45) is -0.179. The molecular formula is C11H16BrNO4S. The Hall–Kier alpha value is -0.630. The van der Waals surface area contributed by atoms with E-state index in [0.29, 0.717) is 10.2 Å². The van der Waals surface area contributed by atoms with Crippen LogP contribution in [0.25, 0.3) is 0 Å². The van der Waals surface area contributed by atoms with E-state index in [9.17, 15) is 8.42 Å². The van der Waals surface area contributed by atoms with Crippen LogP contribution in [-0.2, 0) is 14.8 Å². The van der Waals surface area contributed by atoms with Crippen molar-refractivity contribution >= 4 is 26.0 Å². The maximum Gasteiger partial charge on any atom is 0.240 e. The lowest BCUT2D eigenvalue weighted by Gasteiger charge is -2.12. The molecule has 0 spiro atoms. The lowest BCUT2D eigenvalue weighted by atomic mass is 10.3. The Kier molecular flexibility index (Phi) is 5.58. The fraction of sp³-hybridized carbons (Fsp3) is 0.455. The van der Waals surface area contributed by atoms with Gasteiger partial charge >= 0.3 is 0 Å². The monoisotopic (exact) mass is 337 g/mol. The zero-order valence-electron chi connectivity index (χ0n) is 10.4. The Morgan fingerprint density at radius 3 is 2.56 bits per heavy atom. The van der Waals surface area contributed by atoms with E-state index < -0.39 is 10.0 Å². The summed E-state index contributed by atoms with van der Waals surface area (Å²) in [6, 6.07) is 4.58. The normalized spacial score (nSPS) is 13.3. The predicted octanol–water partition coefficient (Wildman–Crippen LogP) is 1.77. The number of ether oxygens (including phenoxy) is 2. The fourth-order valence-corrected chi connectivity index (χ4v) is 3.04. The van der Waals surface area contributed by atoms with Crippen LogP contribution in [0, 0.1) is 0 Å². The molecule has 1 unspecified atom stereocenters. The Labute approximate surface area is 116 Å². The lowest BCUT2D eigenvalue weighted by molar-refractivity contribution is 0.122. The average Bonchev–Trinajstić information content (AvgIpc) is 2.35. The summed E-state index contributed by atoms with van der Waals surface area (Å²) in [6.45, 7) is 2.01. The first-order chi connectivity index (χ1) is 8.40. The molecule has 5 nitrogen and oxygen atoms in total. The standard InChI is InChI=1S/C11H16BrNO4S/c1-8(16-2)7-13-18(14,15)9-4-5-11(17-3)10(12)6-9/h4-6,8,13H,7H2,1-3H3. The van der Waals surface area contributed by atoms with Crippen LogP contribution in [0.15, 0.2) is 27.6 Å². The molecular weight excluding hydrogens is 322 g/mol. The van der Waals surface area contributed by atoms with Gasteiger partial charge in [-0.3, -0.25) is 0 Å². The molecule has 1 aromatic carbocycles. The maximum absolute atomic E-state index is 12.0. The highest BCUT2D eigenvalue weighted by Gasteiger charge is 2.16. The van der Waals surface area contributed by atoms with Gasteiger partial charge in [0.25, 0.3) is 0 Å². The number of hydrogen-bond acceptors (Lipinski definition) is 4. The molecule has 0 bridgehead atoms. The molecule has 102 valence electrons. The van der Waals surface area contributed by atoms with Crippen LogP contribution in [0.4, 0.5) is 0 Å². The molecule has 0 aliphatic rings. The molecule has 0 heterocycles. The SMILES string of the molecule is COc1ccc(S(=O)(=O)NCC(C)OC)cc1Br. The third-order valence-electron chi connectivity index (χ3n) is 2.40. The molecule has 0 saturated carbocycles. The van der Waals surface area contributed by atoms with E-state index in [4.69, 9.17) is 9.47 Å². The van der Waals surface area contributed by atoms with Crippen molar-refractivity contribution in [2.75, 3.05) is 20.8 Å². The van der Waals surface area contributed by atoms with E-state index in [1.807, 2.05) is 0 Å². The highest BCUT2D eigenvalue weighted by Crippen LogP contribution is 2.27. The molecule has 7 heteroatoms. The summed E-state index contributed by atoms with van der Waals surface area (Å²) in [5.41, 5.74) is 0. The van der Waals surface area contributed by atoms with Gasteiger partial charge < -0.3 is 9.47 Å². The first kappa shape index (κ1) is 15.4. The lowest BCUT2D eigenvalue weighted by Crippen LogP contribution is -2.31. The van der Waals surface area contributed by atoms with Crippen LogP contribution in [0.5, 0.6) is 5.75 Å². The molecule has 1 rings (SSSR count). The summed E-state index contributed by atoms with van der Waals surface area (Å²) in [5, 5.41) is 0. The minimum absolute atomic E-state index is 0.179. The summed E-state index contributed by atoms with van der Waals surface area (Å²) in [4.78, 5) is 0.179. The smallest absolute Gasteiger partial charge is 0.240 e. The van der Waals surface area contributed by atoms with Crippen molar-refractivity contribution in [1.29, 1.82) is 0 Å². The molecule has 0 saturated heterocycles. The first-order valence-electron chi connectivity index (χ1n) is 5.26. The van der Waals surface area contributed by atoms with Crippen molar-refractivity contribution < 1.29 is 17.9 Å². The summed E-state index contributed by atoms with van der Waals surface area (Å²) in [7, 11) is -0.477. The molecule has 18 heavy (non-hydrogen) atoms. The van der Waals surface area contributed by atoms with Gasteiger partial charge in [0, 0.05) is 13.7 Å². The summed E-state index contributed by atoms with van der Waals surface area (Å²) in [5.74, 6) is 0.583. The molecule has 1 atom stereocenters. The van der Waals surface area contributed by atoms with Crippen LogP contribution < -0.4 is 9.46 Å². The Balaban J connectivity index is 2.88. The molecule has 0 amide bonds. The average molecular weight is 338 g/mol. The fourth-order valence-electron chi connectivity index (χ4n) is 1.21. The van der Waals surface area contributed by atoms with Gasteiger partial charge in [0.05, 0.1) is 22.6 Å².